The molecule has 0 atom stereocenters. The smallest absolute Gasteiger partial charge is 0.116 e. The standard InChI is InChI=1S/C19H15NO3.Np/c21-16-6-4-13(5-7-16)10-14-11-18(23)8-9-19(14)20-15-2-1-3-17(22)12-15;/h1,3-4,6-9,11-12,20-23H,10H2;/q-2;. The van der Waals surface area contributed by atoms with E-state index in [1.54, 1.807) is 48.5 Å². The van der Waals surface area contributed by atoms with Gasteiger partial charge >= 0.3 is 0 Å². The number of rotatable bonds is 4. The number of benzene rings is 3. The summed E-state index contributed by atoms with van der Waals surface area (Å²) in [5, 5.41) is 31.8. The van der Waals surface area contributed by atoms with Gasteiger partial charge in [-0.2, -0.15) is 29.8 Å². The Labute approximate surface area is 163 Å². The maximum Gasteiger partial charge on any atom is 0.116 e. The summed E-state index contributed by atoms with van der Waals surface area (Å²) in [5.74, 6) is 0.486. The zero-order chi connectivity index (χ0) is 16.2. The van der Waals surface area contributed by atoms with Crippen LogP contribution in [0.5, 0.6) is 17.2 Å². The molecule has 0 fully saturated rings. The Kier molecular flexibility index (Phi) is 6.16. The van der Waals surface area contributed by atoms with Crippen molar-refractivity contribution in [2.24, 2.45) is 0 Å². The van der Waals surface area contributed by atoms with Crippen LogP contribution < -0.4 is 5.32 Å². The van der Waals surface area contributed by atoms with E-state index in [4.69, 9.17) is 0 Å². The summed E-state index contributed by atoms with van der Waals surface area (Å²) >= 11 is 0. The van der Waals surface area contributed by atoms with Crippen molar-refractivity contribution < 1.29 is 45.3 Å². The summed E-state index contributed by atoms with van der Waals surface area (Å²) in [4.78, 5) is 0. The molecule has 0 aliphatic heterocycles. The van der Waals surface area contributed by atoms with Gasteiger partial charge in [-0.15, -0.1) is 24.3 Å². The zero-order valence-corrected chi connectivity index (χ0v) is 16.4. The predicted octanol–water partition coefficient (Wildman–Crippen LogP) is 3.74. The van der Waals surface area contributed by atoms with Crippen LogP contribution in [-0.4, -0.2) is 15.3 Å². The van der Waals surface area contributed by atoms with Gasteiger partial charge in [-0.25, -0.2) is 0 Å². The van der Waals surface area contributed by atoms with Crippen LogP contribution in [0.25, 0.3) is 0 Å². The van der Waals surface area contributed by atoms with E-state index in [1.165, 1.54) is 6.07 Å². The van der Waals surface area contributed by atoms with Crippen molar-refractivity contribution in [1.82, 2.24) is 0 Å². The molecule has 0 spiro atoms. The van der Waals surface area contributed by atoms with Crippen LogP contribution >= 0.6 is 0 Å². The van der Waals surface area contributed by atoms with Gasteiger partial charge in [-0.3, -0.25) is 0 Å². The first-order valence-corrected chi connectivity index (χ1v) is 7.09. The Balaban J connectivity index is 0.00000208. The Morgan fingerprint density at radius 3 is 2.29 bits per heavy atom. The second-order valence-electron chi connectivity index (χ2n) is 5.18. The van der Waals surface area contributed by atoms with Gasteiger partial charge in [0.15, 0.2) is 0 Å². The molecule has 0 aromatic heterocycles. The minimum Gasteiger partial charge on any atom is -0.566 e. The first-order chi connectivity index (χ1) is 11.1. The van der Waals surface area contributed by atoms with Crippen LogP contribution in [-0.2, 0) is 6.42 Å². The first kappa shape index (κ1) is 18.2. The Hall–Kier alpha value is -2.13. The fraction of sp³-hybridized carbons (Fsp3) is 0.0526. The third-order valence-corrected chi connectivity index (χ3v) is 3.38. The fourth-order valence-electron chi connectivity index (χ4n) is 2.28. The number of aromatic hydroxyl groups is 3. The van der Waals surface area contributed by atoms with Gasteiger partial charge in [-0.1, -0.05) is 5.69 Å². The molecule has 3 aromatic rings. The number of phenolic OH excluding ortho intramolecular Hbond substituents is 3. The average Bonchev–Trinajstić information content (AvgIpc) is 2.52. The Morgan fingerprint density at radius 2 is 1.58 bits per heavy atom. The minimum absolute atomic E-state index is 0. The summed E-state index contributed by atoms with van der Waals surface area (Å²) in [5.41, 5.74) is 3.18. The first-order valence-electron chi connectivity index (χ1n) is 7.09. The Morgan fingerprint density at radius 1 is 0.833 bits per heavy atom. The summed E-state index contributed by atoms with van der Waals surface area (Å²) in [6.45, 7) is 0. The van der Waals surface area contributed by atoms with Gasteiger partial charge in [0.25, 0.3) is 0 Å². The molecule has 4 nitrogen and oxygen atoms in total. The van der Waals surface area contributed by atoms with Gasteiger partial charge in [0.1, 0.15) is 5.75 Å². The molecule has 0 saturated carbocycles. The van der Waals surface area contributed by atoms with Crippen molar-refractivity contribution in [2.75, 3.05) is 5.32 Å². The van der Waals surface area contributed by atoms with E-state index in [2.05, 4.69) is 17.4 Å². The molecule has 0 aliphatic carbocycles. The normalized spacial score (nSPS) is 10.0. The molecule has 0 amide bonds. The van der Waals surface area contributed by atoms with Gasteiger partial charge < -0.3 is 20.6 Å². The third-order valence-electron chi connectivity index (χ3n) is 3.38. The molecule has 0 bridgehead atoms. The molecule has 24 heavy (non-hydrogen) atoms. The second kappa shape index (κ2) is 8.11. The Bertz CT molecular complexity index is 819. The van der Waals surface area contributed by atoms with E-state index in [9.17, 15) is 15.3 Å². The number of phenols is 3. The van der Waals surface area contributed by atoms with Crippen LogP contribution in [0, 0.1) is 42.1 Å². The van der Waals surface area contributed by atoms with Crippen LogP contribution in [0.15, 0.2) is 54.6 Å². The van der Waals surface area contributed by atoms with E-state index in [1.807, 2.05) is 0 Å². The zero-order valence-electron chi connectivity index (χ0n) is 12.7. The molecule has 5 heteroatoms. The third kappa shape index (κ3) is 4.68. The number of hydrogen-bond donors (Lipinski definition) is 4. The van der Waals surface area contributed by atoms with Crippen LogP contribution in [0.3, 0.4) is 0 Å². The molecule has 0 unspecified atom stereocenters. The minimum atomic E-state index is 0. The van der Waals surface area contributed by atoms with E-state index >= 15 is 0 Å². The summed E-state index contributed by atoms with van der Waals surface area (Å²) in [6, 6.07) is 20.7. The van der Waals surface area contributed by atoms with Crippen molar-refractivity contribution in [2.45, 2.75) is 6.42 Å². The van der Waals surface area contributed by atoms with E-state index in [-0.39, 0.29) is 47.2 Å². The molecule has 3 rings (SSSR count). The number of hydrogen-bond acceptors (Lipinski definition) is 4. The SMILES string of the molecule is Oc1c[c-]c(Cc2cc(O)ccc2Nc2[c-]ccc(O)c2)cc1.[Np]. The molecule has 0 heterocycles. The molecule has 0 aliphatic rings. The fourth-order valence-corrected chi connectivity index (χ4v) is 2.28. The second-order valence-corrected chi connectivity index (χ2v) is 5.18. The van der Waals surface area contributed by atoms with Crippen molar-refractivity contribution >= 4 is 11.4 Å². The van der Waals surface area contributed by atoms with Crippen LogP contribution in [0.2, 0.25) is 0 Å². The summed E-state index contributed by atoms with van der Waals surface area (Å²) < 4.78 is 0. The topological polar surface area (TPSA) is 72.7 Å². The molecule has 3 aromatic carbocycles. The van der Waals surface area contributed by atoms with Crippen molar-refractivity contribution in [3.63, 3.8) is 0 Å². The van der Waals surface area contributed by atoms with Crippen molar-refractivity contribution in [3.05, 3.63) is 77.9 Å². The molecule has 4 N–H and O–H groups in total. The maximum atomic E-state index is 9.74. The van der Waals surface area contributed by atoms with Gasteiger partial charge in [-0.05, 0) is 30.2 Å². The van der Waals surface area contributed by atoms with Gasteiger partial charge in [0.05, 0.1) is 0 Å². The molecular weight excluding hydrogens is 527 g/mol. The van der Waals surface area contributed by atoms with Crippen LogP contribution in [0.1, 0.15) is 11.1 Å². The summed E-state index contributed by atoms with van der Waals surface area (Å²) in [7, 11) is 0. The van der Waals surface area contributed by atoms with Gasteiger partial charge in [0, 0.05) is 47.1 Å². The molecular formula is C19H15NNpO3-2. The van der Waals surface area contributed by atoms with E-state index in [0.717, 1.165) is 16.8 Å². The number of anilines is 2. The molecule has 121 valence electrons. The monoisotopic (exact) mass is 541 g/mol. The predicted molar refractivity (Wildman–Crippen MR) is 88.1 cm³/mol. The summed E-state index contributed by atoms with van der Waals surface area (Å²) in [6.07, 6.45) is 0.538. The molecule has 1 radical (unpaired) electrons. The number of nitrogens with one attached hydrogen (secondary N) is 1. The van der Waals surface area contributed by atoms with Crippen LogP contribution in [0.4, 0.5) is 11.4 Å². The van der Waals surface area contributed by atoms with Crippen molar-refractivity contribution in [1.29, 1.82) is 0 Å². The molecule has 0 saturated heterocycles. The average molecular weight is 542 g/mol. The van der Waals surface area contributed by atoms with Crippen molar-refractivity contribution in [3.8, 4) is 17.2 Å². The maximum absolute atomic E-state index is 9.74. The largest absolute Gasteiger partial charge is 0.566 e. The van der Waals surface area contributed by atoms with E-state index < -0.39 is 0 Å². The quantitative estimate of drug-likeness (QED) is 0.300. The van der Waals surface area contributed by atoms with Gasteiger partial charge in [0.2, 0.25) is 0 Å². The van der Waals surface area contributed by atoms with E-state index in [0.29, 0.717) is 12.1 Å².